The van der Waals surface area contributed by atoms with Gasteiger partial charge in [0.15, 0.2) is 5.78 Å². The fraction of sp³-hybridized carbons (Fsp3) is 0.182. The molecular formula is C11H10O. The summed E-state index contributed by atoms with van der Waals surface area (Å²) in [7, 11) is 0. The first kappa shape index (κ1) is 7.29. The predicted octanol–water partition coefficient (Wildman–Crippen LogP) is 2.43. The van der Waals surface area contributed by atoms with Crippen molar-refractivity contribution in [3.05, 3.63) is 41.5 Å². The molecule has 1 fully saturated rings. The lowest BCUT2D eigenvalue weighted by atomic mass is 9.89. The maximum Gasteiger partial charge on any atom is 0.159 e. The first-order valence-electron chi connectivity index (χ1n) is 4.15. The van der Waals surface area contributed by atoms with Crippen molar-refractivity contribution in [1.82, 2.24) is 0 Å². The van der Waals surface area contributed by atoms with E-state index in [9.17, 15) is 4.79 Å². The third-order valence-corrected chi connectivity index (χ3v) is 2.12. The van der Waals surface area contributed by atoms with E-state index in [1.807, 2.05) is 36.4 Å². The van der Waals surface area contributed by atoms with Crippen LogP contribution in [-0.4, -0.2) is 5.78 Å². The summed E-state index contributed by atoms with van der Waals surface area (Å²) in [6.07, 6.45) is 3.66. The molecule has 0 aliphatic heterocycles. The smallest absolute Gasteiger partial charge is 0.159 e. The minimum absolute atomic E-state index is 0.304. The van der Waals surface area contributed by atoms with Gasteiger partial charge in [-0.1, -0.05) is 30.3 Å². The minimum Gasteiger partial charge on any atom is -0.295 e. The van der Waals surface area contributed by atoms with Gasteiger partial charge in [-0.2, -0.15) is 0 Å². The van der Waals surface area contributed by atoms with E-state index < -0.39 is 0 Å². The lowest BCUT2D eigenvalue weighted by Crippen LogP contribution is -2.13. The van der Waals surface area contributed by atoms with Crippen molar-refractivity contribution in [3.63, 3.8) is 0 Å². The highest BCUT2D eigenvalue weighted by molar-refractivity contribution is 6.05. The van der Waals surface area contributed by atoms with E-state index >= 15 is 0 Å². The van der Waals surface area contributed by atoms with Crippen LogP contribution < -0.4 is 0 Å². The van der Waals surface area contributed by atoms with Crippen LogP contribution in [0.3, 0.4) is 0 Å². The Kier molecular flexibility index (Phi) is 1.78. The SMILES string of the molecule is O=C1CC/C1=C/c1ccccc1. The molecule has 0 amide bonds. The molecule has 1 aromatic rings. The zero-order valence-corrected chi connectivity index (χ0v) is 6.79. The molecule has 0 N–H and O–H groups in total. The molecule has 2 rings (SSSR count). The second-order valence-corrected chi connectivity index (χ2v) is 3.00. The Morgan fingerprint density at radius 2 is 1.83 bits per heavy atom. The monoisotopic (exact) mass is 158 g/mol. The summed E-state index contributed by atoms with van der Waals surface area (Å²) < 4.78 is 0. The number of hydrogen-bond acceptors (Lipinski definition) is 1. The third-order valence-electron chi connectivity index (χ3n) is 2.12. The van der Waals surface area contributed by atoms with Crippen LogP contribution >= 0.6 is 0 Å². The minimum atomic E-state index is 0.304. The molecule has 1 aliphatic rings. The molecule has 0 saturated heterocycles. The molecule has 0 bridgehead atoms. The standard InChI is InChI=1S/C11H10O/c12-11-7-6-10(11)8-9-4-2-1-3-5-9/h1-5,8H,6-7H2/b10-8-. The van der Waals surface area contributed by atoms with Crippen LogP contribution in [0.4, 0.5) is 0 Å². The second-order valence-electron chi connectivity index (χ2n) is 3.00. The first-order chi connectivity index (χ1) is 5.86. The van der Waals surface area contributed by atoms with Gasteiger partial charge in [-0.25, -0.2) is 0 Å². The third kappa shape index (κ3) is 1.30. The van der Waals surface area contributed by atoms with Crippen LogP contribution in [0.15, 0.2) is 35.9 Å². The number of ketones is 1. The van der Waals surface area contributed by atoms with Gasteiger partial charge in [-0.05, 0) is 23.6 Å². The summed E-state index contributed by atoms with van der Waals surface area (Å²) in [6, 6.07) is 9.97. The molecule has 0 unspecified atom stereocenters. The Morgan fingerprint density at radius 3 is 2.33 bits per heavy atom. The van der Waals surface area contributed by atoms with Gasteiger partial charge in [0, 0.05) is 6.42 Å². The largest absolute Gasteiger partial charge is 0.295 e. The molecule has 0 radical (unpaired) electrons. The van der Waals surface area contributed by atoms with Gasteiger partial charge >= 0.3 is 0 Å². The normalized spacial score (nSPS) is 19.3. The highest BCUT2D eigenvalue weighted by Crippen LogP contribution is 2.23. The predicted molar refractivity (Wildman–Crippen MR) is 48.7 cm³/mol. The van der Waals surface area contributed by atoms with Crippen molar-refractivity contribution < 1.29 is 4.79 Å². The number of hydrogen-bond donors (Lipinski definition) is 0. The van der Waals surface area contributed by atoms with Crippen molar-refractivity contribution in [3.8, 4) is 0 Å². The number of carbonyl (C=O) groups is 1. The fourth-order valence-corrected chi connectivity index (χ4v) is 1.27. The van der Waals surface area contributed by atoms with Gasteiger partial charge in [0.1, 0.15) is 0 Å². The van der Waals surface area contributed by atoms with Crippen LogP contribution in [0.1, 0.15) is 18.4 Å². The summed E-state index contributed by atoms with van der Waals surface area (Å²) >= 11 is 0. The molecule has 1 heteroatoms. The van der Waals surface area contributed by atoms with Gasteiger partial charge in [0.2, 0.25) is 0 Å². The quantitative estimate of drug-likeness (QED) is 0.574. The van der Waals surface area contributed by atoms with E-state index in [1.54, 1.807) is 0 Å². The molecule has 1 nitrogen and oxygen atoms in total. The lowest BCUT2D eigenvalue weighted by Gasteiger charge is -2.14. The van der Waals surface area contributed by atoms with Crippen molar-refractivity contribution in [1.29, 1.82) is 0 Å². The van der Waals surface area contributed by atoms with Crippen LogP contribution in [0.2, 0.25) is 0 Å². The number of carbonyl (C=O) groups excluding carboxylic acids is 1. The highest BCUT2D eigenvalue weighted by atomic mass is 16.1. The van der Waals surface area contributed by atoms with E-state index in [4.69, 9.17) is 0 Å². The molecule has 0 spiro atoms. The van der Waals surface area contributed by atoms with E-state index in [1.165, 1.54) is 0 Å². The maximum absolute atomic E-state index is 11.0. The van der Waals surface area contributed by atoms with Crippen molar-refractivity contribution in [2.45, 2.75) is 12.8 Å². The average molecular weight is 158 g/mol. The molecule has 60 valence electrons. The molecule has 1 saturated carbocycles. The Hall–Kier alpha value is -1.37. The van der Waals surface area contributed by atoms with E-state index in [-0.39, 0.29) is 0 Å². The summed E-state index contributed by atoms with van der Waals surface area (Å²) in [4.78, 5) is 11.0. The summed E-state index contributed by atoms with van der Waals surface area (Å²) in [5.74, 6) is 0.304. The zero-order valence-electron chi connectivity index (χ0n) is 6.79. The van der Waals surface area contributed by atoms with Gasteiger partial charge in [-0.3, -0.25) is 4.79 Å². The van der Waals surface area contributed by atoms with E-state index in [0.29, 0.717) is 5.78 Å². The second kappa shape index (κ2) is 2.94. The molecule has 1 aliphatic carbocycles. The average Bonchev–Trinajstić information content (AvgIpc) is 2.14. The number of benzene rings is 1. The number of Topliss-reactive ketones (excluding diaryl/α,β-unsaturated/α-hetero) is 1. The summed E-state index contributed by atoms with van der Waals surface area (Å²) in [5.41, 5.74) is 2.10. The van der Waals surface area contributed by atoms with Crippen LogP contribution in [0.5, 0.6) is 0 Å². The van der Waals surface area contributed by atoms with E-state index in [0.717, 1.165) is 24.0 Å². The van der Waals surface area contributed by atoms with Gasteiger partial charge < -0.3 is 0 Å². The van der Waals surface area contributed by atoms with E-state index in [2.05, 4.69) is 0 Å². The van der Waals surface area contributed by atoms with Gasteiger partial charge in [-0.15, -0.1) is 0 Å². The highest BCUT2D eigenvalue weighted by Gasteiger charge is 2.19. The van der Waals surface area contributed by atoms with Crippen molar-refractivity contribution >= 4 is 11.9 Å². The molecular weight excluding hydrogens is 148 g/mol. The Morgan fingerprint density at radius 1 is 1.08 bits per heavy atom. The lowest BCUT2D eigenvalue weighted by molar-refractivity contribution is -0.118. The Labute approximate surface area is 71.7 Å². The van der Waals surface area contributed by atoms with Crippen LogP contribution in [-0.2, 0) is 4.79 Å². The van der Waals surface area contributed by atoms with Crippen molar-refractivity contribution in [2.24, 2.45) is 0 Å². The molecule has 0 aromatic heterocycles. The van der Waals surface area contributed by atoms with Crippen molar-refractivity contribution in [2.75, 3.05) is 0 Å². The van der Waals surface area contributed by atoms with Gasteiger partial charge in [0.05, 0.1) is 0 Å². The molecule has 12 heavy (non-hydrogen) atoms. The summed E-state index contributed by atoms with van der Waals surface area (Å²) in [6.45, 7) is 0. The molecule has 1 aromatic carbocycles. The van der Waals surface area contributed by atoms with Gasteiger partial charge in [0.25, 0.3) is 0 Å². The maximum atomic E-state index is 11.0. The first-order valence-corrected chi connectivity index (χ1v) is 4.15. The fourth-order valence-electron chi connectivity index (χ4n) is 1.27. The topological polar surface area (TPSA) is 17.1 Å². The zero-order chi connectivity index (χ0) is 8.39. The summed E-state index contributed by atoms with van der Waals surface area (Å²) in [5, 5.41) is 0. The number of allylic oxidation sites excluding steroid dienone is 1. The van der Waals surface area contributed by atoms with Crippen LogP contribution in [0.25, 0.3) is 6.08 Å². The Balaban J connectivity index is 2.23. The number of rotatable bonds is 1. The molecule has 0 atom stereocenters. The molecule has 0 heterocycles. The van der Waals surface area contributed by atoms with Crippen LogP contribution in [0, 0.1) is 0 Å². The Bertz CT molecular complexity index is 322.